The normalized spacial score (nSPS) is 28.4. The summed E-state index contributed by atoms with van der Waals surface area (Å²) < 4.78 is 0. The predicted molar refractivity (Wildman–Crippen MR) is 34.3 cm³/mol. The van der Waals surface area contributed by atoms with Crippen molar-refractivity contribution in [3.05, 3.63) is 11.6 Å². The summed E-state index contributed by atoms with van der Waals surface area (Å²) >= 11 is 1.47. The summed E-state index contributed by atoms with van der Waals surface area (Å²) in [5.74, 6) is 0.0694. The molecule has 1 amide bonds. The molecule has 1 heterocycles. The van der Waals surface area contributed by atoms with E-state index in [0.29, 0.717) is 0 Å². The summed E-state index contributed by atoms with van der Waals surface area (Å²) in [5, 5.41) is 3.42. The van der Waals surface area contributed by atoms with Crippen LogP contribution >= 0.6 is 11.8 Å². The summed E-state index contributed by atoms with van der Waals surface area (Å²) in [6.07, 6.45) is 0. The van der Waals surface area contributed by atoms with Gasteiger partial charge in [-0.2, -0.15) is 0 Å². The van der Waals surface area contributed by atoms with Crippen LogP contribution in [0.25, 0.3) is 0 Å². The Morgan fingerprint density at radius 3 is 2.62 bits per heavy atom. The van der Waals surface area contributed by atoms with Gasteiger partial charge in [-0.15, -0.1) is 0 Å². The van der Waals surface area contributed by atoms with Crippen LogP contribution in [0.15, 0.2) is 11.6 Å². The number of amides is 1. The van der Waals surface area contributed by atoms with Gasteiger partial charge in [-0.05, 0) is 6.92 Å². The number of carbonyl (C=O) groups excluding carboxylic acids is 1. The summed E-state index contributed by atoms with van der Waals surface area (Å²) in [7, 11) is 0. The Hall–Kier alpha value is -0.440. The predicted octanol–water partition coefficient (Wildman–Crippen LogP) is 0.709. The molecule has 1 aliphatic heterocycles. The molecule has 8 heavy (non-hydrogen) atoms. The molecule has 0 radical (unpaired) electrons. The number of hydrogen-bond donors (Lipinski definition) is 1. The van der Waals surface area contributed by atoms with Crippen molar-refractivity contribution in [2.75, 3.05) is 0 Å². The van der Waals surface area contributed by atoms with Gasteiger partial charge in [0.15, 0.2) is 0 Å². The lowest BCUT2D eigenvalue weighted by Gasteiger charge is -1.88. The lowest BCUT2D eigenvalue weighted by molar-refractivity contribution is -0.118. The first-order valence-electron chi connectivity index (χ1n) is 2.36. The number of thioether (sulfide) groups is 1. The molecule has 1 unspecified atom stereocenters. The summed E-state index contributed by atoms with van der Waals surface area (Å²) in [6.45, 7) is 5.45. The summed E-state index contributed by atoms with van der Waals surface area (Å²) in [5.41, 5.74) is 0. The first-order valence-corrected chi connectivity index (χ1v) is 3.24. The first kappa shape index (κ1) is 5.69. The first-order chi connectivity index (χ1) is 3.70. The maximum Gasteiger partial charge on any atom is 0.238 e. The molecule has 1 N–H and O–H groups in total. The highest BCUT2D eigenvalue weighted by molar-refractivity contribution is 8.04. The van der Waals surface area contributed by atoms with Crippen molar-refractivity contribution in [1.29, 1.82) is 0 Å². The quantitative estimate of drug-likeness (QED) is 0.522. The smallest absolute Gasteiger partial charge is 0.238 e. The Labute approximate surface area is 52.3 Å². The largest absolute Gasteiger partial charge is 0.320 e. The number of rotatable bonds is 0. The molecule has 0 aliphatic carbocycles. The third-order valence-corrected chi connectivity index (χ3v) is 1.91. The molecule has 0 aromatic rings. The molecule has 1 saturated heterocycles. The fourth-order valence-corrected chi connectivity index (χ4v) is 1.29. The van der Waals surface area contributed by atoms with Gasteiger partial charge in [0, 0.05) is 0 Å². The fourth-order valence-electron chi connectivity index (χ4n) is 0.535. The van der Waals surface area contributed by atoms with Crippen LogP contribution in [0.5, 0.6) is 0 Å². The van der Waals surface area contributed by atoms with Gasteiger partial charge in [0.1, 0.15) is 0 Å². The third-order valence-electron chi connectivity index (χ3n) is 0.951. The zero-order chi connectivity index (χ0) is 6.15. The van der Waals surface area contributed by atoms with Crippen LogP contribution in [0.4, 0.5) is 0 Å². The van der Waals surface area contributed by atoms with Gasteiger partial charge in [0.25, 0.3) is 0 Å². The Morgan fingerprint density at radius 1 is 1.88 bits per heavy atom. The monoisotopic (exact) mass is 129 g/mol. The maximum absolute atomic E-state index is 10.6. The van der Waals surface area contributed by atoms with Gasteiger partial charge in [0.2, 0.25) is 5.91 Å². The highest BCUT2D eigenvalue weighted by atomic mass is 32.2. The van der Waals surface area contributed by atoms with Crippen molar-refractivity contribution < 1.29 is 4.79 Å². The second-order valence-electron chi connectivity index (χ2n) is 1.67. The van der Waals surface area contributed by atoms with Crippen LogP contribution in [0.3, 0.4) is 0 Å². The van der Waals surface area contributed by atoms with Gasteiger partial charge >= 0.3 is 0 Å². The van der Waals surface area contributed by atoms with E-state index in [1.807, 2.05) is 6.92 Å². The highest BCUT2D eigenvalue weighted by Crippen LogP contribution is 2.23. The van der Waals surface area contributed by atoms with E-state index in [2.05, 4.69) is 11.9 Å². The van der Waals surface area contributed by atoms with E-state index in [1.54, 1.807) is 0 Å². The molecule has 44 valence electrons. The van der Waals surface area contributed by atoms with Crippen molar-refractivity contribution in [3.8, 4) is 0 Å². The van der Waals surface area contributed by atoms with Crippen LogP contribution in [0.1, 0.15) is 6.92 Å². The van der Waals surface area contributed by atoms with E-state index in [4.69, 9.17) is 0 Å². The molecular formula is C5H7NOS. The summed E-state index contributed by atoms with van der Waals surface area (Å²) in [6, 6.07) is 0. The van der Waals surface area contributed by atoms with Crippen molar-refractivity contribution >= 4 is 17.7 Å². The Bertz CT molecular complexity index is 143. The Kier molecular flexibility index (Phi) is 1.29. The minimum atomic E-state index is 0.0579. The van der Waals surface area contributed by atoms with Gasteiger partial charge < -0.3 is 5.32 Å². The van der Waals surface area contributed by atoms with E-state index in [0.717, 1.165) is 5.03 Å². The lowest BCUT2D eigenvalue weighted by atomic mass is 10.4. The van der Waals surface area contributed by atoms with Gasteiger partial charge in [0.05, 0.1) is 10.3 Å². The second-order valence-corrected chi connectivity index (χ2v) is 3.11. The van der Waals surface area contributed by atoms with E-state index in [-0.39, 0.29) is 11.2 Å². The van der Waals surface area contributed by atoms with Gasteiger partial charge in [-0.25, -0.2) is 0 Å². The fraction of sp³-hybridized carbons (Fsp3) is 0.400. The van der Waals surface area contributed by atoms with Crippen LogP contribution in [-0.2, 0) is 4.79 Å². The Morgan fingerprint density at radius 2 is 2.50 bits per heavy atom. The highest BCUT2D eigenvalue weighted by Gasteiger charge is 2.22. The third kappa shape index (κ3) is 0.865. The Balaban J connectivity index is 2.64. The molecule has 0 saturated carbocycles. The minimum absolute atomic E-state index is 0.0579. The molecule has 1 aliphatic rings. The molecular weight excluding hydrogens is 122 g/mol. The average molecular weight is 129 g/mol. The molecule has 1 atom stereocenters. The maximum atomic E-state index is 10.6. The van der Waals surface area contributed by atoms with Crippen molar-refractivity contribution in [1.82, 2.24) is 5.32 Å². The van der Waals surface area contributed by atoms with Gasteiger partial charge in [-0.3, -0.25) is 4.79 Å². The van der Waals surface area contributed by atoms with Crippen LogP contribution in [0.2, 0.25) is 0 Å². The number of hydrogen-bond acceptors (Lipinski definition) is 2. The van der Waals surface area contributed by atoms with Crippen molar-refractivity contribution in [2.45, 2.75) is 12.2 Å². The molecule has 0 aromatic heterocycles. The van der Waals surface area contributed by atoms with E-state index < -0.39 is 0 Å². The van der Waals surface area contributed by atoms with Crippen LogP contribution in [-0.4, -0.2) is 11.2 Å². The molecule has 0 bridgehead atoms. The number of carbonyl (C=O) groups is 1. The average Bonchev–Trinajstić information content (AvgIpc) is 1.85. The summed E-state index contributed by atoms with van der Waals surface area (Å²) in [4.78, 5) is 10.6. The van der Waals surface area contributed by atoms with E-state index >= 15 is 0 Å². The van der Waals surface area contributed by atoms with E-state index in [1.165, 1.54) is 11.8 Å². The molecule has 0 aromatic carbocycles. The van der Waals surface area contributed by atoms with Crippen LogP contribution < -0.4 is 5.32 Å². The molecule has 1 fully saturated rings. The molecule has 2 nitrogen and oxygen atoms in total. The van der Waals surface area contributed by atoms with Crippen molar-refractivity contribution in [3.63, 3.8) is 0 Å². The SMILES string of the molecule is C=C1NC(=O)C(C)S1. The number of nitrogens with one attached hydrogen (secondary N) is 1. The lowest BCUT2D eigenvalue weighted by Crippen LogP contribution is -2.18. The second kappa shape index (κ2) is 1.82. The zero-order valence-corrected chi connectivity index (χ0v) is 5.42. The minimum Gasteiger partial charge on any atom is -0.320 e. The van der Waals surface area contributed by atoms with E-state index in [9.17, 15) is 4.79 Å². The van der Waals surface area contributed by atoms with Gasteiger partial charge in [-0.1, -0.05) is 18.3 Å². The molecule has 0 spiro atoms. The standard InChI is InChI=1S/C5H7NOS/c1-3-5(7)6-4(2)8-3/h3H,2H2,1H3,(H,6,7). The van der Waals surface area contributed by atoms with Crippen molar-refractivity contribution in [2.24, 2.45) is 0 Å². The van der Waals surface area contributed by atoms with Crippen LogP contribution in [0, 0.1) is 0 Å². The molecule has 1 rings (SSSR count). The topological polar surface area (TPSA) is 29.1 Å². The molecule has 3 heteroatoms. The zero-order valence-electron chi connectivity index (χ0n) is 4.60.